The predicted molar refractivity (Wildman–Crippen MR) is 372 cm³/mol. The molecule has 2 heterocycles. The molecule has 5 aromatic carbocycles. The van der Waals surface area contributed by atoms with Crippen LogP contribution in [0.15, 0.2) is 147 Å². The Morgan fingerprint density at radius 1 is 0.596 bits per heavy atom. The molecule has 12 nitrogen and oxygen atoms in total. The van der Waals surface area contributed by atoms with E-state index in [1.165, 1.54) is 111 Å². The number of unbranched alkanes of at least 4 members (excludes halogenated alkanes) is 14. The predicted octanol–water partition coefficient (Wildman–Crippen LogP) is 19.8. The maximum atomic E-state index is 14.1. The summed E-state index contributed by atoms with van der Waals surface area (Å²) in [6.45, 7) is 21.8. The van der Waals surface area contributed by atoms with E-state index in [0.717, 1.165) is 143 Å². The third-order valence-corrected chi connectivity index (χ3v) is 17.4. The second-order valence-electron chi connectivity index (χ2n) is 24.5. The van der Waals surface area contributed by atoms with Crippen LogP contribution >= 0.6 is 0 Å². The van der Waals surface area contributed by atoms with Gasteiger partial charge in [0.1, 0.15) is 11.8 Å². The Hall–Kier alpha value is -8.33. The molecule has 0 bridgehead atoms. The maximum Gasteiger partial charge on any atom is 0.337 e. The first-order chi connectivity index (χ1) is 45.9. The van der Waals surface area contributed by atoms with E-state index in [1.807, 2.05) is 42.5 Å². The SMILES string of the molecule is C=CC(=O)OCCCCCCCOc1ccc(-c2ccc(CCCCC)nn2)cc1.N#Cc1ccc(-c2ccc(CCCCCCCOC(=O)C3CO3)cc2)c(F)c1F.[C-]#[N+]C1(c2ccc(-c3ccc(CCCCCCCOC(=O)C=C)cc3)cc2)CCC(CCC)CC1.[HH]. The van der Waals surface area contributed by atoms with Gasteiger partial charge in [-0.3, -0.25) is 0 Å². The summed E-state index contributed by atoms with van der Waals surface area (Å²) in [6.07, 6.45) is 31.4. The zero-order chi connectivity index (χ0) is 67.0. The lowest BCUT2D eigenvalue weighted by molar-refractivity contribution is -0.145. The van der Waals surface area contributed by atoms with Gasteiger partial charge in [0, 0.05) is 43.1 Å². The highest BCUT2D eigenvalue weighted by Crippen LogP contribution is 2.44. The second-order valence-corrected chi connectivity index (χ2v) is 24.5. The molecular weight excluding hydrogens is 1180 g/mol. The molecule has 2 fully saturated rings. The van der Waals surface area contributed by atoms with Crippen LogP contribution in [0.3, 0.4) is 0 Å². The Bertz CT molecular complexity index is 3300. The van der Waals surface area contributed by atoms with Crippen molar-refractivity contribution >= 4 is 17.9 Å². The first-order valence-corrected chi connectivity index (χ1v) is 34.4. The normalized spacial score (nSPS) is 15.3. The molecule has 1 saturated carbocycles. The van der Waals surface area contributed by atoms with E-state index in [-0.39, 0.29) is 42.1 Å². The zero-order valence-corrected chi connectivity index (χ0v) is 55.7. The lowest BCUT2D eigenvalue weighted by Gasteiger charge is -2.31. The maximum absolute atomic E-state index is 14.1. The Balaban J connectivity index is 0.000000258. The van der Waals surface area contributed by atoms with Crippen LogP contribution in [0.5, 0.6) is 5.75 Å². The molecule has 1 aliphatic heterocycles. The number of aromatic nitrogens is 2. The van der Waals surface area contributed by atoms with Gasteiger partial charge in [0.15, 0.2) is 17.7 Å². The van der Waals surface area contributed by atoms with Gasteiger partial charge in [-0.15, -0.1) is 0 Å². The number of carbonyl (C=O) groups is 3. The van der Waals surface area contributed by atoms with Crippen molar-refractivity contribution < 1.29 is 48.3 Å². The van der Waals surface area contributed by atoms with Gasteiger partial charge < -0.3 is 28.5 Å². The molecule has 502 valence electrons. The van der Waals surface area contributed by atoms with E-state index in [2.05, 4.69) is 96.6 Å². The van der Waals surface area contributed by atoms with Gasteiger partial charge >= 0.3 is 17.9 Å². The van der Waals surface area contributed by atoms with Crippen LogP contribution < -0.4 is 4.74 Å². The van der Waals surface area contributed by atoms with Crippen molar-refractivity contribution in [3.05, 3.63) is 198 Å². The van der Waals surface area contributed by atoms with Crippen LogP contribution in [-0.2, 0) is 58.1 Å². The monoisotopic (exact) mass is 1280 g/mol. The molecule has 0 N–H and O–H groups in total. The first kappa shape index (κ1) is 74.7. The summed E-state index contributed by atoms with van der Waals surface area (Å²) in [6, 6.07) is 41.6. The topological polar surface area (TPSA) is 155 Å². The lowest BCUT2D eigenvalue weighted by atomic mass is 9.72. The molecule has 14 heteroatoms. The van der Waals surface area contributed by atoms with Crippen LogP contribution in [0.25, 0.3) is 38.4 Å². The van der Waals surface area contributed by atoms with Crippen molar-refractivity contribution in [2.45, 2.75) is 199 Å². The van der Waals surface area contributed by atoms with Crippen LogP contribution in [-0.4, -0.2) is 67.2 Å². The molecular formula is C80H100F2N4O8. The average Bonchev–Trinajstić information content (AvgIpc) is 0.921. The van der Waals surface area contributed by atoms with Gasteiger partial charge in [-0.2, -0.15) is 15.5 Å². The van der Waals surface area contributed by atoms with Gasteiger partial charge in [-0.05, 0) is 159 Å². The number of hydrogen-bond donors (Lipinski definition) is 0. The zero-order valence-electron chi connectivity index (χ0n) is 55.7. The summed E-state index contributed by atoms with van der Waals surface area (Å²) in [5.41, 5.74) is 9.29. The van der Waals surface area contributed by atoms with Crippen molar-refractivity contribution in [2.24, 2.45) is 5.92 Å². The molecule has 1 aromatic heterocycles. The summed E-state index contributed by atoms with van der Waals surface area (Å²) in [5, 5.41) is 17.5. The highest BCUT2D eigenvalue weighted by molar-refractivity contribution is 5.81. The third-order valence-electron chi connectivity index (χ3n) is 17.4. The number of epoxide rings is 1. The average molecular weight is 1280 g/mol. The van der Waals surface area contributed by atoms with E-state index in [0.29, 0.717) is 38.6 Å². The minimum atomic E-state index is -1.11. The van der Waals surface area contributed by atoms with Gasteiger partial charge in [0.25, 0.3) is 5.54 Å². The fourth-order valence-corrected chi connectivity index (χ4v) is 11.5. The van der Waals surface area contributed by atoms with Gasteiger partial charge in [-0.1, -0.05) is 183 Å². The lowest BCUT2D eigenvalue weighted by Crippen LogP contribution is -2.28. The van der Waals surface area contributed by atoms with Crippen LogP contribution in [0.2, 0.25) is 0 Å². The fourth-order valence-electron chi connectivity index (χ4n) is 11.5. The molecule has 1 aliphatic carbocycles. The Morgan fingerprint density at radius 3 is 1.60 bits per heavy atom. The standard InChI is InChI=1S/C32H41NO2.C25H34N2O3.C23H23F2NO3.H2/c1-4-11-26-21-23-32(33-3,24-22-26)30-19-17-29(18-20-30)28-15-13-27(14-16-28)12-9-7-6-8-10-25-35-31(34)5-2;1-3-5-9-12-22-15-18-24(27-26-22)21-13-16-23(17-14-21)29-19-10-7-6-8-11-20-30-25(28)4-2;24-21-18(14-26)11-12-19(22(21)25)17-9-7-16(8-10-17)6-4-2-1-3-5-13-28-23(27)20-15-29-20;/h5,13-20,26H,2,4,6-12,21-25H2,1H3;4,13-18H,2-3,5-12,19-20H2,1H3;7-12,20H,1-6,13,15H2;1H. The molecule has 0 radical (unpaired) electrons. The summed E-state index contributed by atoms with van der Waals surface area (Å²) in [5.74, 6) is -1.35. The first-order valence-electron chi connectivity index (χ1n) is 34.4. The van der Waals surface area contributed by atoms with Gasteiger partial charge in [-0.25, -0.2) is 29.7 Å². The number of rotatable bonds is 38. The number of carbonyl (C=O) groups excluding carboxylic acids is 3. The number of ether oxygens (including phenoxy) is 5. The molecule has 94 heavy (non-hydrogen) atoms. The number of benzene rings is 5. The summed E-state index contributed by atoms with van der Waals surface area (Å²) in [4.78, 5) is 37.3. The molecule has 1 saturated heterocycles. The van der Waals surface area contributed by atoms with E-state index < -0.39 is 11.6 Å². The van der Waals surface area contributed by atoms with Crippen molar-refractivity contribution in [3.8, 4) is 45.3 Å². The molecule has 8 rings (SSSR count). The van der Waals surface area contributed by atoms with Crippen LogP contribution in [0.4, 0.5) is 8.78 Å². The Labute approximate surface area is 559 Å². The highest BCUT2D eigenvalue weighted by atomic mass is 19.2. The van der Waals surface area contributed by atoms with E-state index in [9.17, 15) is 23.2 Å². The molecule has 6 aromatic rings. The van der Waals surface area contributed by atoms with Crippen LogP contribution in [0, 0.1) is 35.5 Å². The second kappa shape index (κ2) is 42.8. The number of aryl methyl sites for hydroxylation is 3. The smallest absolute Gasteiger partial charge is 0.337 e. The number of esters is 3. The fraction of sp³-hybridized carbons (Fsp3) is 0.463. The van der Waals surface area contributed by atoms with Crippen molar-refractivity contribution in [2.75, 3.05) is 33.0 Å². The van der Waals surface area contributed by atoms with E-state index in [1.54, 1.807) is 18.2 Å². The van der Waals surface area contributed by atoms with Gasteiger partial charge in [0.2, 0.25) is 0 Å². The molecule has 2 aliphatic rings. The number of nitriles is 1. The highest BCUT2D eigenvalue weighted by Gasteiger charge is 2.42. The van der Waals surface area contributed by atoms with Crippen LogP contribution in [0.1, 0.15) is 197 Å². The van der Waals surface area contributed by atoms with Crippen molar-refractivity contribution in [3.63, 3.8) is 0 Å². The Kier molecular flexibility index (Phi) is 34.0. The Morgan fingerprint density at radius 2 is 1.10 bits per heavy atom. The quantitative estimate of drug-likeness (QED) is 0.00908. The van der Waals surface area contributed by atoms with E-state index >= 15 is 0 Å². The summed E-state index contributed by atoms with van der Waals surface area (Å²) < 4.78 is 53.7. The number of nitrogens with zero attached hydrogens (tertiary/aromatic N) is 4. The molecule has 0 amide bonds. The molecule has 0 spiro atoms. The summed E-state index contributed by atoms with van der Waals surface area (Å²) >= 11 is 0. The number of hydrogen-bond acceptors (Lipinski definition) is 11. The molecule has 1 unspecified atom stereocenters. The summed E-state index contributed by atoms with van der Waals surface area (Å²) in [7, 11) is 0. The van der Waals surface area contributed by atoms with Crippen molar-refractivity contribution in [1.29, 1.82) is 5.26 Å². The van der Waals surface area contributed by atoms with E-state index in [4.69, 9.17) is 35.5 Å². The largest absolute Gasteiger partial charge is 0.494 e. The van der Waals surface area contributed by atoms with Gasteiger partial charge in [0.05, 0.1) is 50.0 Å². The van der Waals surface area contributed by atoms with Crippen molar-refractivity contribution in [1.82, 2.24) is 10.2 Å². The molecule has 1 atom stereocenters. The number of halogens is 2. The minimum Gasteiger partial charge on any atom is -0.494 e. The third kappa shape index (κ3) is 26.6. The minimum absolute atomic E-state index is 0.